The Hall–Kier alpha value is -1.58. The Labute approximate surface area is 120 Å². The summed E-state index contributed by atoms with van der Waals surface area (Å²) in [6.07, 6.45) is -0.486. The van der Waals surface area contributed by atoms with Crippen molar-refractivity contribution in [3.8, 4) is 5.75 Å². The van der Waals surface area contributed by atoms with Crippen LogP contribution in [0.3, 0.4) is 0 Å². The first-order chi connectivity index (χ1) is 9.65. The maximum Gasteiger partial charge on any atom is 0.120 e. The van der Waals surface area contributed by atoms with Crippen LogP contribution in [0, 0.1) is 5.92 Å². The highest BCUT2D eigenvalue weighted by atomic mass is 16.5. The van der Waals surface area contributed by atoms with Gasteiger partial charge in [-0.15, -0.1) is 0 Å². The number of fused-ring (bicyclic) bond motifs is 1. The molecule has 2 aromatic rings. The van der Waals surface area contributed by atoms with E-state index in [0.29, 0.717) is 19.1 Å². The molecule has 0 radical (unpaired) electrons. The van der Waals surface area contributed by atoms with Crippen LogP contribution in [-0.4, -0.2) is 30.9 Å². The van der Waals surface area contributed by atoms with E-state index in [4.69, 9.17) is 4.74 Å². The van der Waals surface area contributed by atoms with Gasteiger partial charge >= 0.3 is 0 Å². The molecular formula is C17H23NO2. The molecule has 3 nitrogen and oxygen atoms in total. The zero-order valence-corrected chi connectivity index (χ0v) is 12.2. The number of aliphatic hydroxyl groups excluding tert-OH is 1. The van der Waals surface area contributed by atoms with E-state index in [1.807, 2.05) is 30.3 Å². The number of benzene rings is 2. The van der Waals surface area contributed by atoms with Crippen LogP contribution in [-0.2, 0) is 0 Å². The maximum atomic E-state index is 9.85. The average molecular weight is 273 g/mol. The van der Waals surface area contributed by atoms with Crippen LogP contribution in [0.25, 0.3) is 10.8 Å². The molecule has 0 aliphatic heterocycles. The minimum absolute atomic E-state index is 0.309. The van der Waals surface area contributed by atoms with Crippen molar-refractivity contribution in [2.75, 3.05) is 19.7 Å². The second-order valence-electron chi connectivity index (χ2n) is 5.53. The van der Waals surface area contributed by atoms with Gasteiger partial charge in [-0.2, -0.15) is 0 Å². The monoisotopic (exact) mass is 273 g/mol. The molecule has 0 saturated heterocycles. The lowest BCUT2D eigenvalue weighted by molar-refractivity contribution is 0.106. The summed E-state index contributed by atoms with van der Waals surface area (Å²) >= 11 is 0. The van der Waals surface area contributed by atoms with Crippen LogP contribution in [0.1, 0.15) is 13.8 Å². The van der Waals surface area contributed by atoms with Crippen LogP contribution in [0.15, 0.2) is 42.5 Å². The smallest absolute Gasteiger partial charge is 0.120 e. The minimum atomic E-state index is -0.486. The first kappa shape index (κ1) is 14.8. The fourth-order valence-corrected chi connectivity index (χ4v) is 2.05. The van der Waals surface area contributed by atoms with E-state index in [-0.39, 0.29) is 0 Å². The lowest BCUT2D eigenvalue weighted by Gasteiger charge is -2.14. The van der Waals surface area contributed by atoms with E-state index in [1.54, 1.807) is 0 Å². The third-order valence-corrected chi connectivity index (χ3v) is 3.10. The Kier molecular flexibility index (Phi) is 5.39. The van der Waals surface area contributed by atoms with Gasteiger partial charge in [0.2, 0.25) is 0 Å². The molecule has 20 heavy (non-hydrogen) atoms. The molecule has 0 fully saturated rings. The van der Waals surface area contributed by atoms with Gasteiger partial charge in [-0.25, -0.2) is 0 Å². The first-order valence-electron chi connectivity index (χ1n) is 7.15. The molecule has 0 amide bonds. The molecule has 2 rings (SSSR count). The number of hydrogen-bond donors (Lipinski definition) is 2. The third kappa shape index (κ3) is 4.51. The first-order valence-corrected chi connectivity index (χ1v) is 7.15. The van der Waals surface area contributed by atoms with E-state index in [0.717, 1.165) is 17.7 Å². The van der Waals surface area contributed by atoms with Crippen LogP contribution >= 0.6 is 0 Å². The SMILES string of the molecule is CC(C)CNC[C@H](O)COc1ccc2ccccc2c1. The number of nitrogens with one attached hydrogen (secondary N) is 1. The van der Waals surface area contributed by atoms with Crippen molar-refractivity contribution < 1.29 is 9.84 Å². The molecule has 0 heterocycles. The van der Waals surface area contributed by atoms with E-state index >= 15 is 0 Å². The van der Waals surface area contributed by atoms with Crippen molar-refractivity contribution in [3.63, 3.8) is 0 Å². The van der Waals surface area contributed by atoms with Crippen LogP contribution < -0.4 is 10.1 Å². The Bertz CT molecular complexity index is 539. The molecule has 108 valence electrons. The summed E-state index contributed by atoms with van der Waals surface area (Å²) in [4.78, 5) is 0. The zero-order chi connectivity index (χ0) is 14.4. The fourth-order valence-electron chi connectivity index (χ4n) is 2.05. The van der Waals surface area contributed by atoms with Crippen molar-refractivity contribution in [2.24, 2.45) is 5.92 Å². The Morgan fingerprint density at radius 2 is 1.80 bits per heavy atom. The summed E-state index contributed by atoms with van der Waals surface area (Å²) in [7, 11) is 0. The molecule has 0 aromatic heterocycles. The van der Waals surface area contributed by atoms with Gasteiger partial charge in [0, 0.05) is 6.54 Å². The molecule has 2 aromatic carbocycles. The lowest BCUT2D eigenvalue weighted by atomic mass is 10.1. The second-order valence-corrected chi connectivity index (χ2v) is 5.53. The van der Waals surface area contributed by atoms with Gasteiger partial charge in [-0.05, 0) is 35.4 Å². The van der Waals surface area contributed by atoms with E-state index < -0.39 is 6.10 Å². The highest BCUT2D eigenvalue weighted by Crippen LogP contribution is 2.20. The molecule has 0 aliphatic rings. The normalized spacial score (nSPS) is 12.8. The van der Waals surface area contributed by atoms with Gasteiger partial charge in [-0.3, -0.25) is 0 Å². The predicted molar refractivity (Wildman–Crippen MR) is 83.2 cm³/mol. The summed E-state index contributed by atoms with van der Waals surface area (Å²) in [6.45, 7) is 6.07. The highest BCUT2D eigenvalue weighted by Gasteiger charge is 2.05. The average Bonchev–Trinajstić information content (AvgIpc) is 2.44. The van der Waals surface area contributed by atoms with Crippen LogP contribution in [0.2, 0.25) is 0 Å². The Morgan fingerprint density at radius 3 is 2.55 bits per heavy atom. The summed E-state index contributed by atoms with van der Waals surface area (Å²) < 4.78 is 5.64. The van der Waals surface area contributed by atoms with Gasteiger partial charge < -0.3 is 15.2 Å². The lowest BCUT2D eigenvalue weighted by Crippen LogP contribution is -2.33. The topological polar surface area (TPSA) is 41.5 Å². The van der Waals surface area contributed by atoms with Gasteiger partial charge in [0.05, 0.1) is 0 Å². The van der Waals surface area contributed by atoms with E-state index in [2.05, 4.69) is 31.3 Å². The standard InChI is InChI=1S/C17H23NO2/c1-13(2)10-18-11-16(19)12-20-17-8-7-14-5-3-4-6-15(14)9-17/h3-9,13,16,18-19H,10-12H2,1-2H3/t16-/m0/s1. The quantitative estimate of drug-likeness (QED) is 0.815. The van der Waals surface area contributed by atoms with Crippen molar-refractivity contribution in [2.45, 2.75) is 20.0 Å². The van der Waals surface area contributed by atoms with E-state index in [1.165, 1.54) is 5.39 Å². The molecule has 0 bridgehead atoms. The van der Waals surface area contributed by atoms with E-state index in [9.17, 15) is 5.11 Å². The molecule has 3 heteroatoms. The molecular weight excluding hydrogens is 250 g/mol. The molecule has 0 spiro atoms. The van der Waals surface area contributed by atoms with Crippen molar-refractivity contribution in [3.05, 3.63) is 42.5 Å². The third-order valence-electron chi connectivity index (χ3n) is 3.10. The van der Waals surface area contributed by atoms with Gasteiger partial charge in [0.1, 0.15) is 18.5 Å². The predicted octanol–water partition coefficient (Wildman–Crippen LogP) is 2.83. The maximum absolute atomic E-state index is 9.85. The molecule has 0 unspecified atom stereocenters. The second kappa shape index (κ2) is 7.27. The fraction of sp³-hybridized carbons (Fsp3) is 0.412. The largest absolute Gasteiger partial charge is 0.491 e. The van der Waals surface area contributed by atoms with Gasteiger partial charge in [0.25, 0.3) is 0 Å². The molecule has 0 aliphatic carbocycles. The minimum Gasteiger partial charge on any atom is -0.491 e. The van der Waals surface area contributed by atoms with Crippen LogP contribution in [0.4, 0.5) is 0 Å². The summed E-state index contributed by atoms with van der Waals surface area (Å²) in [5.41, 5.74) is 0. The summed E-state index contributed by atoms with van der Waals surface area (Å²) in [5, 5.41) is 15.4. The van der Waals surface area contributed by atoms with Crippen molar-refractivity contribution in [1.82, 2.24) is 5.32 Å². The summed E-state index contributed by atoms with van der Waals surface area (Å²) in [5.74, 6) is 1.38. The Morgan fingerprint density at radius 1 is 1.05 bits per heavy atom. The van der Waals surface area contributed by atoms with Crippen LogP contribution in [0.5, 0.6) is 5.75 Å². The van der Waals surface area contributed by atoms with Gasteiger partial charge in [0.15, 0.2) is 0 Å². The Balaban J connectivity index is 1.83. The number of aliphatic hydroxyl groups is 1. The number of rotatable bonds is 7. The zero-order valence-electron chi connectivity index (χ0n) is 12.2. The molecule has 2 N–H and O–H groups in total. The molecule has 1 atom stereocenters. The van der Waals surface area contributed by atoms with Gasteiger partial charge in [-0.1, -0.05) is 44.2 Å². The van der Waals surface area contributed by atoms with Crippen molar-refractivity contribution in [1.29, 1.82) is 0 Å². The number of hydrogen-bond acceptors (Lipinski definition) is 3. The number of ether oxygens (including phenoxy) is 1. The highest BCUT2D eigenvalue weighted by molar-refractivity contribution is 5.83. The summed E-state index contributed by atoms with van der Waals surface area (Å²) in [6, 6.07) is 14.1. The van der Waals surface area contributed by atoms with Crippen molar-refractivity contribution >= 4 is 10.8 Å². The molecule has 0 saturated carbocycles.